The fourth-order valence-corrected chi connectivity index (χ4v) is 6.82. The third-order valence-electron chi connectivity index (χ3n) is 8.46. The highest BCUT2D eigenvalue weighted by Gasteiger charge is 2.63. The lowest BCUT2D eigenvalue weighted by Crippen LogP contribution is -2.75. The first-order chi connectivity index (χ1) is 18.2. The number of benzene rings is 1. The average Bonchev–Trinajstić information content (AvgIpc) is 3.30. The number of carbonyl (C=O) groups excluding carboxylic acids is 4. The number of anilines is 1. The summed E-state index contributed by atoms with van der Waals surface area (Å²) in [4.78, 5) is 53.3. The number of carbonyl (C=O) groups is 4. The normalized spacial score (nSPS) is 27.1. The van der Waals surface area contributed by atoms with Gasteiger partial charge in [-0.3, -0.25) is 25.0 Å². The third-order valence-corrected chi connectivity index (χ3v) is 8.46. The van der Waals surface area contributed by atoms with Gasteiger partial charge in [0.05, 0.1) is 29.3 Å². The summed E-state index contributed by atoms with van der Waals surface area (Å²) in [6.45, 7) is 4.24. The fraction of sp³-hybridized carbons (Fsp3) is 0.577. The van der Waals surface area contributed by atoms with Crippen LogP contribution >= 0.6 is 0 Å². The summed E-state index contributed by atoms with van der Waals surface area (Å²) >= 11 is 0. The molecule has 2 aromatic rings. The first-order valence-corrected chi connectivity index (χ1v) is 13.2. The SMILES string of the molecule is CC1CN2c3c(cc4c(C(=O)NCC5CCCCC5)noc4c3F)CC3(C(=O)NC(=O)NC3=O)C2C(C)O1. The lowest BCUT2D eigenvalue weighted by molar-refractivity contribution is -0.153. The first kappa shape index (κ1) is 24.8. The van der Waals surface area contributed by atoms with E-state index in [4.69, 9.17) is 9.26 Å². The van der Waals surface area contributed by atoms with Gasteiger partial charge in [-0.2, -0.15) is 0 Å². The van der Waals surface area contributed by atoms with Gasteiger partial charge in [-0.1, -0.05) is 24.4 Å². The van der Waals surface area contributed by atoms with Crippen LogP contribution in [0.3, 0.4) is 0 Å². The van der Waals surface area contributed by atoms with E-state index in [1.807, 2.05) is 6.92 Å². The molecule has 1 aromatic carbocycles. The van der Waals surface area contributed by atoms with Gasteiger partial charge < -0.3 is 19.5 Å². The highest BCUT2D eigenvalue weighted by molar-refractivity contribution is 6.20. The van der Waals surface area contributed by atoms with E-state index in [2.05, 4.69) is 21.1 Å². The van der Waals surface area contributed by atoms with Gasteiger partial charge in [0, 0.05) is 19.5 Å². The molecule has 3 atom stereocenters. The zero-order chi connectivity index (χ0) is 26.8. The van der Waals surface area contributed by atoms with Crippen molar-refractivity contribution >= 4 is 40.4 Å². The van der Waals surface area contributed by atoms with Gasteiger partial charge in [-0.25, -0.2) is 9.18 Å². The molecular weight excluding hydrogens is 497 g/mol. The lowest BCUT2D eigenvalue weighted by Gasteiger charge is -2.55. The Morgan fingerprint density at radius 1 is 1.18 bits per heavy atom. The van der Waals surface area contributed by atoms with E-state index in [0.717, 1.165) is 25.7 Å². The van der Waals surface area contributed by atoms with Crippen LogP contribution in [0.4, 0.5) is 14.9 Å². The van der Waals surface area contributed by atoms with Gasteiger partial charge in [-0.05, 0) is 44.2 Å². The number of nitrogens with zero attached hydrogens (tertiary/aromatic N) is 2. The van der Waals surface area contributed by atoms with Crippen molar-refractivity contribution in [2.75, 3.05) is 18.0 Å². The van der Waals surface area contributed by atoms with E-state index in [9.17, 15) is 19.2 Å². The van der Waals surface area contributed by atoms with E-state index >= 15 is 4.39 Å². The lowest BCUT2D eigenvalue weighted by atomic mass is 9.66. The molecule has 2 saturated heterocycles. The second-order valence-electron chi connectivity index (χ2n) is 11.0. The molecule has 1 saturated carbocycles. The van der Waals surface area contributed by atoms with Gasteiger partial charge in [0.15, 0.2) is 16.9 Å². The van der Waals surface area contributed by atoms with Crippen LogP contribution in [0.15, 0.2) is 10.6 Å². The summed E-state index contributed by atoms with van der Waals surface area (Å²) in [6, 6.07) is -0.217. The smallest absolute Gasteiger partial charge is 0.328 e. The minimum atomic E-state index is -1.75. The second kappa shape index (κ2) is 9.04. The van der Waals surface area contributed by atoms with Crippen LogP contribution < -0.4 is 20.9 Å². The Kier molecular flexibility index (Phi) is 5.89. The number of fused-ring (bicyclic) bond motifs is 5. The van der Waals surface area contributed by atoms with Crippen molar-refractivity contribution in [1.82, 2.24) is 21.1 Å². The molecule has 1 aliphatic carbocycles. The summed E-state index contributed by atoms with van der Waals surface area (Å²) in [5, 5.41) is 11.4. The zero-order valence-corrected chi connectivity index (χ0v) is 21.3. The summed E-state index contributed by atoms with van der Waals surface area (Å²) in [6.07, 6.45) is 4.42. The predicted octanol–water partition coefficient (Wildman–Crippen LogP) is 2.17. The highest BCUT2D eigenvalue weighted by atomic mass is 19.1. The Bertz CT molecular complexity index is 1330. The van der Waals surface area contributed by atoms with E-state index in [-0.39, 0.29) is 41.4 Å². The van der Waals surface area contributed by atoms with Crippen molar-refractivity contribution in [2.24, 2.45) is 11.3 Å². The van der Waals surface area contributed by atoms with Gasteiger partial charge in [0.1, 0.15) is 0 Å². The first-order valence-electron chi connectivity index (χ1n) is 13.2. The molecule has 5 amide bonds. The van der Waals surface area contributed by atoms with Gasteiger partial charge in [-0.15, -0.1) is 0 Å². The Morgan fingerprint density at radius 2 is 1.89 bits per heavy atom. The highest BCUT2D eigenvalue weighted by Crippen LogP contribution is 2.49. The number of aromatic nitrogens is 1. The molecule has 3 aliphatic heterocycles. The minimum Gasteiger partial charge on any atom is -0.372 e. The molecule has 11 nitrogen and oxygen atoms in total. The topological polar surface area (TPSA) is 143 Å². The number of nitrogens with one attached hydrogen (secondary N) is 3. The third kappa shape index (κ3) is 3.68. The molecule has 6 rings (SSSR count). The fourth-order valence-electron chi connectivity index (χ4n) is 6.82. The van der Waals surface area contributed by atoms with Crippen molar-refractivity contribution in [3.8, 4) is 0 Å². The number of urea groups is 1. The molecule has 3 unspecified atom stereocenters. The number of ether oxygens (including phenoxy) is 1. The van der Waals surface area contributed by atoms with Crippen molar-refractivity contribution in [3.63, 3.8) is 0 Å². The molecule has 0 radical (unpaired) electrons. The van der Waals surface area contributed by atoms with E-state index in [1.54, 1.807) is 17.9 Å². The summed E-state index contributed by atoms with van der Waals surface area (Å²) in [7, 11) is 0. The number of morpholine rings is 1. The monoisotopic (exact) mass is 527 g/mol. The Labute approximate surface area is 217 Å². The second-order valence-corrected chi connectivity index (χ2v) is 11.0. The van der Waals surface area contributed by atoms with E-state index in [0.29, 0.717) is 18.0 Å². The van der Waals surface area contributed by atoms with Crippen molar-refractivity contribution in [2.45, 2.75) is 70.6 Å². The molecule has 38 heavy (non-hydrogen) atoms. The predicted molar refractivity (Wildman–Crippen MR) is 132 cm³/mol. The maximum atomic E-state index is 16.1. The van der Waals surface area contributed by atoms with Crippen molar-refractivity contribution < 1.29 is 32.8 Å². The minimum absolute atomic E-state index is 0.0508. The maximum Gasteiger partial charge on any atom is 0.328 e. The Morgan fingerprint density at radius 3 is 2.61 bits per heavy atom. The molecule has 12 heteroatoms. The van der Waals surface area contributed by atoms with E-state index < -0.39 is 47.1 Å². The summed E-state index contributed by atoms with van der Waals surface area (Å²) in [5.74, 6) is -2.33. The molecule has 1 aromatic heterocycles. The van der Waals surface area contributed by atoms with Crippen LogP contribution in [0.2, 0.25) is 0 Å². The van der Waals surface area contributed by atoms with Crippen LogP contribution in [-0.4, -0.2) is 60.2 Å². The van der Waals surface area contributed by atoms with Crippen LogP contribution in [0.1, 0.15) is 62.0 Å². The van der Waals surface area contributed by atoms with Crippen LogP contribution in [-0.2, 0) is 20.7 Å². The number of barbiturate groups is 1. The molecular formula is C26H30FN5O6. The molecule has 4 heterocycles. The number of halogens is 1. The molecule has 1 spiro atoms. The number of hydrogen-bond donors (Lipinski definition) is 3. The van der Waals surface area contributed by atoms with Gasteiger partial charge >= 0.3 is 6.03 Å². The van der Waals surface area contributed by atoms with Crippen molar-refractivity contribution in [1.29, 1.82) is 0 Å². The number of rotatable bonds is 3. The quantitative estimate of drug-likeness (QED) is 0.516. The van der Waals surface area contributed by atoms with Crippen molar-refractivity contribution in [3.05, 3.63) is 23.1 Å². The zero-order valence-electron chi connectivity index (χ0n) is 21.3. The molecule has 4 aliphatic rings. The summed E-state index contributed by atoms with van der Waals surface area (Å²) in [5.41, 5.74) is -1.44. The van der Waals surface area contributed by atoms with E-state index in [1.165, 1.54) is 6.42 Å². The standard InChI is InChI=1S/C26H30FN5O6/c1-12-11-32-19-15(9-26(21(32)13(2)37-12)23(34)29-25(36)30-24(26)35)8-16-18(31-38-20(16)17(19)27)22(33)28-10-14-6-4-3-5-7-14/h8,12-14,21H,3-7,9-11H2,1-2H3,(H,28,33)(H2,29,30,34,35,36). The van der Waals surface area contributed by atoms with Crippen LogP contribution in [0.5, 0.6) is 0 Å². The average molecular weight is 528 g/mol. The number of amides is 5. The Hall–Kier alpha value is -3.54. The Balaban J connectivity index is 1.43. The molecule has 3 fully saturated rings. The number of hydrogen-bond acceptors (Lipinski definition) is 8. The maximum absolute atomic E-state index is 16.1. The van der Waals surface area contributed by atoms with Crippen LogP contribution in [0, 0.1) is 17.2 Å². The van der Waals surface area contributed by atoms with Crippen LogP contribution in [0.25, 0.3) is 11.0 Å². The molecule has 0 bridgehead atoms. The van der Waals surface area contributed by atoms with Gasteiger partial charge in [0.25, 0.3) is 5.91 Å². The van der Waals surface area contributed by atoms with Gasteiger partial charge in [0.2, 0.25) is 17.4 Å². The largest absolute Gasteiger partial charge is 0.372 e. The molecule has 202 valence electrons. The summed E-state index contributed by atoms with van der Waals surface area (Å²) < 4.78 is 27.4. The number of imide groups is 2. The molecule has 3 N–H and O–H groups in total.